The number of carbonyl (C=O) groups is 2. The smallest absolute Gasteiger partial charge is 0.357 e. The fourth-order valence-electron chi connectivity index (χ4n) is 1.91. The number of carbonyl (C=O) groups excluding carboxylic acids is 2. The maximum Gasteiger partial charge on any atom is 0.357 e. The van der Waals surface area contributed by atoms with Crippen molar-refractivity contribution in [1.82, 2.24) is 4.98 Å². The molecule has 0 saturated heterocycles. The Balaban J connectivity index is 2.60. The molecule has 0 amide bonds. The fraction of sp³-hybridized carbons (Fsp3) is 0.588. The molecular formula is C17H25NO4. The lowest BCUT2D eigenvalue weighted by Crippen LogP contribution is -2.16. The van der Waals surface area contributed by atoms with E-state index in [2.05, 4.69) is 18.8 Å². The van der Waals surface area contributed by atoms with E-state index in [-0.39, 0.29) is 11.3 Å². The Morgan fingerprint density at radius 2 is 1.55 bits per heavy atom. The SMILES string of the molecule is CCCCCOC(=O)c1cccnc1C(=O)OCCCCC. The fourth-order valence-corrected chi connectivity index (χ4v) is 1.91. The number of esters is 2. The maximum absolute atomic E-state index is 12.0. The second-order valence-corrected chi connectivity index (χ2v) is 5.09. The Bertz CT molecular complexity index is 430. The summed E-state index contributed by atoms with van der Waals surface area (Å²) in [6.07, 6.45) is 7.21. The molecule has 0 aliphatic heterocycles. The van der Waals surface area contributed by atoms with Crippen LogP contribution in [-0.4, -0.2) is 30.1 Å². The number of pyridine rings is 1. The summed E-state index contributed by atoms with van der Waals surface area (Å²) in [5.41, 5.74) is 0.193. The van der Waals surface area contributed by atoms with Crippen molar-refractivity contribution in [2.24, 2.45) is 0 Å². The van der Waals surface area contributed by atoms with Crippen LogP contribution in [0.15, 0.2) is 18.3 Å². The third-order valence-corrected chi connectivity index (χ3v) is 3.18. The molecule has 5 nitrogen and oxygen atoms in total. The van der Waals surface area contributed by atoms with Crippen LogP contribution >= 0.6 is 0 Å². The molecule has 0 aliphatic rings. The van der Waals surface area contributed by atoms with Gasteiger partial charge >= 0.3 is 11.9 Å². The van der Waals surface area contributed by atoms with Crippen LogP contribution in [0.1, 0.15) is 73.2 Å². The monoisotopic (exact) mass is 307 g/mol. The van der Waals surface area contributed by atoms with E-state index in [0.717, 1.165) is 38.5 Å². The molecule has 0 unspecified atom stereocenters. The van der Waals surface area contributed by atoms with Crippen molar-refractivity contribution in [1.29, 1.82) is 0 Å². The van der Waals surface area contributed by atoms with Gasteiger partial charge in [-0.1, -0.05) is 39.5 Å². The van der Waals surface area contributed by atoms with Crippen LogP contribution in [0.2, 0.25) is 0 Å². The topological polar surface area (TPSA) is 65.5 Å². The molecule has 0 fully saturated rings. The molecule has 1 aromatic rings. The van der Waals surface area contributed by atoms with E-state index >= 15 is 0 Å². The zero-order valence-corrected chi connectivity index (χ0v) is 13.5. The van der Waals surface area contributed by atoms with Gasteiger partial charge in [-0.05, 0) is 25.0 Å². The first-order valence-corrected chi connectivity index (χ1v) is 8.00. The van der Waals surface area contributed by atoms with Gasteiger partial charge in [-0.15, -0.1) is 0 Å². The molecule has 1 rings (SSSR count). The highest BCUT2D eigenvalue weighted by atomic mass is 16.5. The zero-order valence-electron chi connectivity index (χ0n) is 13.5. The first-order chi connectivity index (χ1) is 10.7. The van der Waals surface area contributed by atoms with Gasteiger partial charge in [0.2, 0.25) is 0 Å². The lowest BCUT2D eigenvalue weighted by Gasteiger charge is -2.08. The zero-order chi connectivity index (χ0) is 16.2. The Labute approximate surface area is 132 Å². The lowest BCUT2D eigenvalue weighted by atomic mass is 10.2. The normalized spacial score (nSPS) is 10.3. The Hall–Kier alpha value is -1.91. The van der Waals surface area contributed by atoms with Gasteiger partial charge in [0.15, 0.2) is 5.69 Å². The third kappa shape index (κ3) is 6.24. The highest BCUT2D eigenvalue weighted by Crippen LogP contribution is 2.10. The van der Waals surface area contributed by atoms with Gasteiger partial charge in [-0.3, -0.25) is 0 Å². The van der Waals surface area contributed by atoms with Crippen LogP contribution in [0.25, 0.3) is 0 Å². The van der Waals surface area contributed by atoms with Crippen LogP contribution in [0.4, 0.5) is 0 Å². The maximum atomic E-state index is 12.0. The number of unbranched alkanes of at least 4 members (excludes halogenated alkanes) is 4. The minimum Gasteiger partial charge on any atom is -0.462 e. The Kier molecular flexibility index (Phi) is 8.88. The Morgan fingerprint density at radius 3 is 2.14 bits per heavy atom. The van der Waals surface area contributed by atoms with Crippen molar-refractivity contribution in [3.8, 4) is 0 Å². The number of aromatic nitrogens is 1. The van der Waals surface area contributed by atoms with E-state index in [4.69, 9.17) is 9.47 Å². The quantitative estimate of drug-likeness (QED) is 0.486. The van der Waals surface area contributed by atoms with Crippen LogP contribution in [-0.2, 0) is 9.47 Å². The van der Waals surface area contributed by atoms with Gasteiger partial charge in [0.1, 0.15) is 0 Å². The highest BCUT2D eigenvalue weighted by Gasteiger charge is 2.20. The summed E-state index contributed by atoms with van der Waals surface area (Å²) in [6.45, 7) is 4.85. The Morgan fingerprint density at radius 1 is 0.955 bits per heavy atom. The van der Waals surface area contributed by atoms with E-state index in [1.54, 1.807) is 6.07 Å². The minimum atomic E-state index is -0.572. The van der Waals surface area contributed by atoms with Crippen molar-refractivity contribution >= 4 is 11.9 Å². The van der Waals surface area contributed by atoms with Crippen LogP contribution in [0.5, 0.6) is 0 Å². The predicted octanol–water partition coefficient (Wildman–Crippen LogP) is 3.78. The molecule has 0 aromatic carbocycles. The van der Waals surface area contributed by atoms with Gasteiger partial charge in [0.25, 0.3) is 0 Å². The summed E-state index contributed by atoms with van der Waals surface area (Å²) in [7, 11) is 0. The van der Waals surface area contributed by atoms with Gasteiger partial charge in [0.05, 0.1) is 18.8 Å². The number of rotatable bonds is 10. The standard InChI is InChI=1S/C17H25NO4/c1-3-5-7-12-21-16(19)14-10-9-11-18-15(14)17(20)22-13-8-6-4-2/h9-11H,3-8,12-13H2,1-2H3. The lowest BCUT2D eigenvalue weighted by molar-refractivity contribution is 0.0445. The highest BCUT2D eigenvalue weighted by molar-refractivity contribution is 6.01. The number of hydrogen-bond donors (Lipinski definition) is 0. The second-order valence-electron chi connectivity index (χ2n) is 5.09. The summed E-state index contributed by atoms with van der Waals surface area (Å²) in [5.74, 6) is -1.10. The molecule has 0 spiro atoms. The molecule has 0 N–H and O–H groups in total. The van der Waals surface area contributed by atoms with Gasteiger partial charge in [-0.25, -0.2) is 14.6 Å². The molecule has 0 radical (unpaired) electrons. The first-order valence-electron chi connectivity index (χ1n) is 8.00. The van der Waals surface area contributed by atoms with E-state index in [0.29, 0.717) is 13.2 Å². The van der Waals surface area contributed by atoms with Gasteiger partial charge in [-0.2, -0.15) is 0 Å². The molecule has 22 heavy (non-hydrogen) atoms. The average Bonchev–Trinajstić information content (AvgIpc) is 2.55. The van der Waals surface area contributed by atoms with E-state index in [1.807, 2.05) is 0 Å². The molecule has 5 heteroatoms. The molecule has 0 aliphatic carbocycles. The van der Waals surface area contributed by atoms with Crippen LogP contribution in [0, 0.1) is 0 Å². The molecular weight excluding hydrogens is 282 g/mol. The summed E-state index contributed by atoms with van der Waals surface area (Å²) in [5, 5.41) is 0. The van der Waals surface area contributed by atoms with Crippen molar-refractivity contribution < 1.29 is 19.1 Å². The number of hydrogen-bond acceptors (Lipinski definition) is 5. The van der Waals surface area contributed by atoms with Crippen LogP contribution in [0.3, 0.4) is 0 Å². The predicted molar refractivity (Wildman–Crippen MR) is 83.9 cm³/mol. The number of ether oxygens (including phenoxy) is 2. The van der Waals surface area contributed by atoms with Crippen molar-refractivity contribution in [2.45, 2.75) is 52.4 Å². The molecule has 1 heterocycles. The molecule has 0 saturated carbocycles. The second kappa shape index (κ2) is 10.8. The molecule has 122 valence electrons. The number of nitrogens with zero attached hydrogens (tertiary/aromatic N) is 1. The molecule has 0 bridgehead atoms. The molecule has 0 atom stereocenters. The largest absolute Gasteiger partial charge is 0.462 e. The third-order valence-electron chi connectivity index (χ3n) is 3.18. The van der Waals surface area contributed by atoms with Crippen molar-refractivity contribution in [3.63, 3.8) is 0 Å². The molecule has 1 aromatic heterocycles. The van der Waals surface area contributed by atoms with E-state index in [9.17, 15) is 9.59 Å². The average molecular weight is 307 g/mol. The summed E-state index contributed by atoms with van der Waals surface area (Å²) in [6, 6.07) is 3.15. The van der Waals surface area contributed by atoms with Crippen molar-refractivity contribution in [3.05, 3.63) is 29.6 Å². The minimum absolute atomic E-state index is 0.0273. The van der Waals surface area contributed by atoms with Crippen molar-refractivity contribution in [2.75, 3.05) is 13.2 Å². The van der Waals surface area contributed by atoms with Gasteiger partial charge in [0, 0.05) is 6.20 Å². The first kappa shape index (κ1) is 18.1. The summed E-state index contributed by atoms with van der Waals surface area (Å²) in [4.78, 5) is 28.0. The summed E-state index contributed by atoms with van der Waals surface area (Å²) < 4.78 is 10.3. The van der Waals surface area contributed by atoms with E-state index < -0.39 is 11.9 Å². The van der Waals surface area contributed by atoms with E-state index in [1.165, 1.54) is 12.3 Å². The van der Waals surface area contributed by atoms with Gasteiger partial charge < -0.3 is 9.47 Å². The van der Waals surface area contributed by atoms with Crippen LogP contribution < -0.4 is 0 Å². The summed E-state index contributed by atoms with van der Waals surface area (Å²) >= 11 is 0.